The highest BCUT2D eigenvalue weighted by Gasteiger charge is 2.30. The van der Waals surface area contributed by atoms with E-state index in [9.17, 15) is 0 Å². The Morgan fingerprint density at radius 3 is 2.38 bits per heavy atom. The number of hydrogen-bond donors (Lipinski definition) is 0. The Balaban J connectivity index is 1.84. The van der Waals surface area contributed by atoms with Gasteiger partial charge in [-0.3, -0.25) is 4.90 Å². The van der Waals surface area contributed by atoms with Crippen molar-refractivity contribution in [2.45, 2.75) is 45.2 Å². The van der Waals surface area contributed by atoms with Gasteiger partial charge in [-0.2, -0.15) is 0 Å². The van der Waals surface area contributed by atoms with Crippen LogP contribution in [-0.4, -0.2) is 37.9 Å². The molecule has 3 rings (SSSR count). The molecule has 6 heteroatoms. The lowest BCUT2D eigenvalue weighted by atomic mass is 10.1. The number of likely N-dealkylation sites (tertiary alicyclic amines) is 1. The van der Waals surface area contributed by atoms with Gasteiger partial charge in [0.1, 0.15) is 17.2 Å². The second kappa shape index (κ2) is 7.99. The molecule has 0 bridgehead atoms. The Morgan fingerprint density at radius 2 is 1.77 bits per heavy atom. The second-order valence-electron chi connectivity index (χ2n) is 6.96. The van der Waals surface area contributed by atoms with Crippen molar-refractivity contribution in [3.05, 3.63) is 35.2 Å². The van der Waals surface area contributed by atoms with Crippen molar-refractivity contribution in [3.63, 3.8) is 0 Å². The standard InChI is InChI=1S/C20H28N2O4/c1-13(2)17-10-15(21-26-17)16-7-6-8-22(16)12-14-9-19(24-4)20(25-5)11-18(14)23-3/h9-11,13,16H,6-8,12H2,1-5H3. The number of benzene rings is 1. The fraction of sp³-hybridized carbons (Fsp3) is 0.550. The molecule has 0 N–H and O–H groups in total. The topological polar surface area (TPSA) is 57.0 Å². The van der Waals surface area contributed by atoms with Gasteiger partial charge in [0.25, 0.3) is 0 Å². The number of methoxy groups -OCH3 is 3. The van der Waals surface area contributed by atoms with Crippen LogP contribution < -0.4 is 14.2 Å². The Bertz CT molecular complexity index is 741. The van der Waals surface area contributed by atoms with Gasteiger partial charge in [0.15, 0.2) is 11.5 Å². The Labute approximate surface area is 155 Å². The molecule has 1 aromatic carbocycles. The van der Waals surface area contributed by atoms with Crippen molar-refractivity contribution in [1.29, 1.82) is 0 Å². The molecule has 0 radical (unpaired) electrons. The number of ether oxygens (including phenoxy) is 3. The molecule has 2 aromatic rings. The van der Waals surface area contributed by atoms with Crippen LogP contribution in [0.1, 0.15) is 55.7 Å². The quantitative estimate of drug-likeness (QED) is 0.739. The van der Waals surface area contributed by atoms with Gasteiger partial charge >= 0.3 is 0 Å². The third kappa shape index (κ3) is 3.65. The first-order valence-electron chi connectivity index (χ1n) is 9.06. The lowest BCUT2D eigenvalue weighted by Crippen LogP contribution is -2.23. The van der Waals surface area contributed by atoms with E-state index in [0.29, 0.717) is 17.4 Å². The number of rotatable bonds is 7. The third-order valence-corrected chi connectivity index (χ3v) is 4.98. The van der Waals surface area contributed by atoms with Crippen molar-refractivity contribution in [3.8, 4) is 17.2 Å². The summed E-state index contributed by atoms with van der Waals surface area (Å²) in [6.45, 7) is 6.01. The van der Waals surface area contributed by atoms with Crippen LogP contribution in [0, 0.1) is 0 Å². The summed E-state index contributed by atoms with van der Waals surface area (Å²) >= 11 is 0. The van der Waals surface area contributed by atoms with Gasteiger partial charge in [0, 0.05) is 30.2 Å². The van der Waals surface area contributed by atoms with E-state index in [1.54, 1.807) is 21.3 Å². The van der Waals surface area contributed by atoms with Crippen molar-refractivity contribution >= 4 is 0 Å². The molecule has 1 saturated heterocycles. The highest BCUT2D eigenvalue weighted by atomic mass is 16.5. The van der Waals surface area contributed by atoms with E-state index in [4.69, 9.17) is 18.7 Å². The summed E-state index contributed by atoms with van der Waals surface area (Å²) in [5.74, 6) is 3.47. The van der Waals surface area contributed by atoms with E-state index in [2.05, 4.69) is 30.0 Å². The molecular weight excluding hydrogens is 332 g/mol. The van der Waals surface area contributed by atoms with Gasteiger partial charge < -0.3 is 18.7 Å². The summed E-state index contributed by atoms with van der Waals surface area (Å²) in [6, 6.07) is 6.24. The predicted molar refractivity (Wildman–Crippen MR) is 99.1 cm³/mol. The van der Waals surface area contributed by atoms with Crippen molar-refractivity contribution in [2.75, 3.05) is 27.9 Å². The van der Waals surface area contributed by atoms with E-state index in [-0.39, 0.29) is 6.04 Å². The fourth-order valence-electron chi connectivity index (χ4n) is 3.52. The van der Waals surface area contributed by atoms with E-state index < -0.39 is 0 Å². The van der Waals surface area contributed by atoms with Gasteiger partial charge in [0.05, 0.1) is 27.4 Å². The normalized spacial score (nSPS) is 17.7. The van der Waals surface area contributed by atoms with Crippen LogP contribution in [0.4, 0.5) is 0 Å². The van der Waals surface area contributed by atoms with Crippen LogP contribution in [0.25, 0.3) is 0 Å². The highest BCUT2D eigenvalue weighted by Crippen LogP contribution is 2.39. The Morgan fingerprint density at radius 1 is 1.08 bits per heavy atom. The summed E-state index contributed by atoms with van der Waals surface area (Å²) in [5.41, 5.74) is 2.09. The molecule has 1 atom stereocenters. The summed E-state index contributed by atoms with van der Waals surface area (Å²) in [7, 11) is 4.96. The molecule has 0 amide bonds. The molecular formula is C20H28N2O4. The molecule has 1 aliphatic rings. The minimum atomic E-state index is 0.268. The number of nitrogens with zero attached hydrogens (tertiary/aromatic N) is 2. The minimum Gasteiger partial charge on any atom is -0.496 e. The van der Waals surface area contributed by atoms with Crippen LogP contribution in [0.2, 0.25) is 0 Å². The van der Waals surface area contributed by atoms with Gasteiger partial charge in [-0.25, -0.2) is 0 Å². The van der Waals surface area contributed by atoms with Gasteiger partial charge in [-0.05, 0) is 25.5 Å². The van der Waals surface area contributed by atoms with Gasteiger partial charge in [-0.1, -0.05) is 19.0 Å². The minimum absolute atomic E-state index is 0.268. The van der Waals surface area contributed by atoms with Gasteiger partial charge in [0.2, 0.25) is 0 Å². The van der Waals surface area contributed by atoms with Crippen LogP contribution in [0.5, 0.6) is 17.2 Å². The molecule has 1 fully saturated rings. The van der Waals surface area contributed by atoms with Crippen molar-refractivity contribution < 1.29 is 18.7 Å². The maximum absolute atomic E-state index is 5.58. The van der Waals surface area contributed by atoms with E-state index in [1.165, 1.54) is 0 Å². The molecule has 1 aromatic heterocycles. The van der Waals surface area contributed by atoms with Crippen LogP contribution in [0.3, 0.4) is 0 Å². The Hall–Kier alpha value is -2.21. The van der Waals surface area contributed by atoms with Crippen molar-refractivity contribution in [1.82, 2.24) is 10.1 Å². The first-order valence-corrected chi connectivity index (χ1v) is 9.06. The molecule has 142 valence electrons. The van der Waals surface area contributed by atoms with E-state index in [1.807, 2.05) is 12.1 Å². The second-order valence-corrected chi connectivity index (χ2v) is 6.96. The molecule has 1 unspecified atom stereocenters. The predicted octanol–water partition coefficient (Wildman–Crippen LogP) is 4.16. The van der Waals surface area contributed by atoms with Crippen LogP contribution in [0.15, 0.2) is 22.7 Å². The lowest BCUT2D eigenvalue weighted by Gasteiger charge is -2.24. The van der Waals surface area contributed by atoms with Crippen molar-refractivity contribution in [2.24, 2.45) is 0 Å². The molecule has 1 aliphatic heterocycles. The SMILES string of the molecule is COc1cc(OC)c(OC)cc1CN1CCCC1c1cc(C(C)C)on1. The average molecular weight is 360 g/mol. The Kier molecular flexibility index (Phi) is 5.71. The molecule has 2 heterocycles. The van der Waals surface area contributed by atoms with E-state index in [0.717, 1.165) is 48.7 Å². The van der Waals surface area contributed by atoms with E-state index >= 15 is 0 Å². The maximum Gasteiger partial charge on any atom is 0.164 e. The molecule has 6 nitrogen and oxygen atoms in total. The van der Waals surface area contributed by atoms with Gasteiger partial charge in [-0.15, -0.1) is 0 Å². The summed E-state index contributed by atoms with van der Waals surface area (Å²) in [5, 5.41) is 4.32. The maximum atomic E-state index is 5.58. The zero-order chi connectivity index (χ0) is 18.7. The zero-order valence-electron chi connectivity index (χ0n) is 16.2. The van der Waals surface area contributed by atoms with Crippen LogP contribution in [-0.2, 0) is 6.54 Å². The largest absolute Gasteiger partial charge is 0.496 e. The lowest BCUT2D eigenvalue weighted by molar-refractivity contribution is 0.232. The zero-order valence-corrected chi connectivity index (χ0v) is 16.2. The molecule has 0 spiro atoms. The fourth-order valence-corrected chi connectivity index (χ4v) is 3.52. The molecule has 0 saturated carbocycles. The molecule has 26 heavy (non-hydrogen) atoms. The molecule has 0 aliphatic carbocycles. The number of aromatic nitrogens is 1. The highest BCUT2D eigenvalue weighted by molar-refractivity contribution is 5.50. The van der Waals surface area contributed by atoms with Crippen LogP contribution >= 0.6 is 0 Å². The average Bonchev–Trinajstić information content (AvgIpc) is 3.30. The smallest absolute Gasteiger partial charge is 0.164 e. The summed E-state index contributed by atoms with van der Waals surface area (Å²) in [4.78, 5) is 2.42. The monoisotopic (exact) mass is 360 g/mol. The summed E-state index contributed by atoms with van der Waals surface area (Å²) in [6.07, 6.45) is 2.23. The number of hydrogen-bond acceptors (Lipinski definition) is 6. The first-order chi connectivity index (χ1) is 12.6. The summed E-state index contributed by atoms with van der Waals surface area (Å²) < 4.78 is 21.9. The third-order valence-electron chi connectivity index (χ3n) is 4.98. The first kappa shape index (κ1) is 18.6.